The summed E-state index contributed by atoms with van der Waals surface area (Å²) in [6.07, 6.45) is -3.61. The summed E-state index contributed by atoms with van der Waals surface area (Å²) in [5, 5.41) is 3.06. The highest BCUT2D eigenvalue weighted by Gasteiger charge is 2.69. The zero-order valence-electron chi connectivity index (χ0n) is 15.9. The van der Waals surface area contributed by atoms with Crippen molar-refractivity contribution in [1.82, 2.24) is 19.7 Å². The Morgan fingerprint density at radius 3 is 2.53 bits per heavy atom. The Bertz CT molecular complexity index is 1110. The van der Waals surface area contributed by atoms with Crippen molar-refractivity contribution in [2.75, 3.05) is 13.1 Å². The molecule has 162 valence electrons. The summed E-state index contributed by atoms with van der Waals surface area (Å²) in [4.78, 5) is 17.4. The van der Waals surface area contributed by atoms with Crippen molar-refractivity contribution in [2.24, 2.45) is 5.41 Å². The molecule has 1 aromatic heterocycles. The molecule has 2 fully saturated rings. The van der Waals surface area contributed by atoms with Crippen LogP contribution in [0.5, 0.6) is 0 Å². The SMILES string of the molecule is Cc1cc(-n2cnc(Cl)n2)ccc1S(=O)(=O)C1CCN(C(=O)C2(C(F)(F)F)CC2)C1. The number of alkyl halides is 3. The van der Waals surface area contributed by atoms with E-state index in [1.54, 1.807) is 19.1 Å². The molecule has 1 saturated heterocycles. The number of hydrogen-bond acceptors (Lipinski definition) is 5. The molecule has 0 radical (unpaired) electrons. The highest BCUT2D eigenvalue weighted by Crippen LogP contribution is 2.58. The minimum Gasteiger partial charge on any atom is -0.341 e. The highest BCUT2D eigenvalue weighted by molar-refractivity contribution is 7.92. The van der Waals surface area contributed by atoms with Crippen molar-refractivity contribution in [3.63, 3.8) is 0 Å². The lowest BCUT2D eigenvalue weighted by Gasteiger charge is -2.25. The molecule has 1 atom stereocenters. The fourth-order valence-corrected chi connectivity index (χ4v) is 5.90. The fourth-order valence-electron chi connectivity index (χ4n) is 3.85. The van der Waals surface area contributed by atoms with Gasteiger partial charge in [0.2, 0.25) is 11.2 Å². The van der Waals surface area contributed by atoms with E-state index in [0.717, 1.165) is 4.90 Å². The van der Waals surface area contributed by atoms with Crippen molar-refractivity contribution in [3.05, 3.63) is 35.4 Å². The van der Waals surface area contributed by atoms with Crippen LogP contribution in [0.25, 0.3) is 5.69 Å². The van der Waals surface area contributed by atoms with Gasteiger partial charge in [0.1, 0.15) is 11.7 Å². The van der Waals surface area contributed by atoms with Crippen LogP contribution in [0, 0.1) is 12.3 Å². The number of benzene rings is 1. The van der Waals surface area contributed by atoms with Crippen LogP contribution in [0.1, 0.15) is 24.8 Å². The molecule has 1 saturated carbocycles. The first-order chi connectivity index (χ1) is 14.0. The number of halogens is 4. The van der Waals surface area contributed by atoms with Crippen molar-refractivity contribution in [2.45, 2.75) is 42.5 Å². The van der Waals surface area contributed by atoms with Gasteiger partial charge in [-0.25, -0.2) is 18.1 Å². The Hall–Kier alpha value is -2.14. The second kappa shape index (κ2) is 6.94. The summed E-state index contributed by atoms with van der Waals surface area (Å²) in [5.74, 6) is -1.01. The monoisotopic (exact) mass is 462 g/mol. The molecular weight excluding hydrogens is 445 g/mol. The van der Waals surface area contributed by atoms with Crippen LogP contribution in [0.15, 0.2) is 29.4 Å². The number of aryl methyl sites for hydroxylation is 1. The van der Waals surface area contributed by atoms with Crippen molar-refractivity contribution < 1.29 is 26.4 Å². The summed E-state index contributed by atoms with van der Waals surface area (Å²) in [5.41, 5.74) is -1.31. The number of likely N-dealkylation sites (tertiary alicyclic amines) is 1. The molecule has 1 unspecified atom stereocenters. The van der Waals surface area contributed by atoms with Gasteiger partial charge in [-0.05, 0) is 61.5 Å². The van der Waals surface area contributed by atoms with Crippen LogP contribution < -0.4 is 0 Å². The standard InChI is InChI=1S/C18H18ClF3N4O3S/c1-11-8-12(26-10-23-16(19)24-26)2-3-14(11)30(28,29)13-4-7-25(9-13)15(27)17(5-6-17)18(20,21)22/h2-3,8,10,13H,4-7,9H2,1H3. The van der Waals surface area contributed by atoms with Crippen molar-refractivity contribution in [1.29, 1.82) is 0 Å². The smallest absolute Gasteiger partial charge is 0.341 e. The van der Waals surface area contributed by atoms with E-state index < -0.39 is 32.6 Å². The number of nitrogens with zero attached hydrogens (tertiary/aromatic N) is 4. The summed E-state index contributed by atoms with van der Waals surface area (Å²) in [7, 11) is -3.84. The molecule has 1 aromatic carbocycles. The van der Waals surface area contributed by atoms with E-state index in [4.69, 9.17) is 11.6 Å². The predicted octanol–water partition coefficient (Wildman–Crippen LogP) is 2.95. The van der Waals surface area contributed by atoms with Gasteiger partial charge in [-0.3, -0.25) is 4.79 Å². The number of carbonyl (C=O) groups excluding carboxylic acids is 1. The quantitative estimate of drug-likeness (QED) is 0.697. The topological polar surface area (TPSA) is 85.2 Å². The summed E-state index contributed by atoms with van der Waals surface area (Å²) >= 11 is 5.70. The molecule has 0 N–H and O–H groups in total. The van der Waals surface area contributed by atoms with Gasteiger partial charge in [-0.1, -0.05) is 0 Å². The first kappa shape index (κ1) is 21.1. The van der Waals surface area contributed by atoms with E-state index in [2.05, 4.69) is 10.1 Å². The average Bonchev–Trinajstić information content (AvgIpc) is 3.14. The fraction of sp³-hybridized carbons (Fsp3) is 0.500. The van der Waals surface area contributed by atoms with Crippen molar-refractivity contribution >= 4 is 27.3 Å². The lowest BCUT2D eigenvalue weighted by Crippen LogP contribution is -2.43. The number of amides is 1. The maximum absolute atomic E-state index is 13.2. The molecule has 2 aliphatic rings. The van der Waals surface area contributed by atoms with Crippen LogP contribution in [-0.4, -0.2) is 58.5 Å². The van der Waals surface area contributed by atoms with Gasteiger partial charge in [0.05, 0.1) is 15.8 Å². The van der Waals surface area contributed by atoms with Gasteiger partial charge in [-0.15, -0.1) is 5.10 Å². The Kier molecular flexibility index (Phi) is 4.89. The van der Waals surface area contributed by atoms with Crippen LogP contribution in [0.4, 0.5) is 13.2 Å². The molecule has 2 aromatic rings. The molecule has 4 rings (SSSR count). The van der Waals surface area contributed by atoms with Gasteiger partial charge in [0.25, 0.3) is 0 Å². The predicted molar refractivity (Wildman–Crippen MR) is 101 cm³/mol. The zero-order valence-corrected chi connectivity index (χ0v) is 17.4. The molecule has 2 heterocycles. The summed E-state index contributed by atoms with van der Waals surface area (Å²) in [6.45, 7) is 1.38. The normalized spacial score (nSPS) is 21.1. The second-order valence-corrected chi connectivity index (χ2v) is 10.2. The maximum atomic E-state index is 13.2. The van der Waals surface area contributed by atoms with Gasteiger partial charge < -0.3 is 4.90 Å². The summed E-state index contributed by atoms with van der Waals surface area (Å²) < 4.78 is 67.4. The third-order valence-corrected chi connectivity index (χ3v) is 8.27. The first-order valence-corrected chi connectivity index (χ1v) is 11.2. The molecule has 30 heavy (non-hydrogen) atoms. The van der Waals surface area contributed by atoms with Gasteiger partial charge >= 0.3 is 6.18 Å². The largest absolute Gasteiger partial charge is 0.403 e. The minimum absolute atomic E-state index is 0.00481. The molecule has 1 amide bonds. The highest BCUT2D eigenvalue weighted by atomic mass is 35.5. The van der Waals surface area contributed by atoms with Crippen LogP contribution >= 0.6 is 11.6 Å². The van der Waals surface area contributed by atoms with Crippen molar-refractivity contribution in [3.8, 4) is 5.69 Å². The maximum Gasteiger partial charge on any atom is 0.403 e. The number of rotatable bonds is 4. The zero-order chi connectivity index (χ0) is 21.9. The molecule has 1 aliphatic carbocycles. The Morgan fingerprint density at radius 2 is 2.00 bits per heavy atom. The third kappa shape index (κ3) is 3.37. The summed E-state index contributed by atoms with van der Waals surface area (Å²) in [6, 6.07) is 4.59. The molecule has 7 nitrogen and oxygen atoms in total. The Morgan fingerprint density at radius 1 is 1.30 bits per heavy atom. The molecular formula is C18H18ClF3N4O3S. The molecule has 0 spiro atoms. The number of sulfone groups is 1. The Labute approximate surface area is 175 Å². The van der Waals surface area contributed by atoms with E-state index in [-0.39, 0.29) is 42.5 Å². The number of carbonyl (C=O) groups is 1. The Balaban J connectivity index is 1.54. The average molecular weight is 463 g/mol. The first-order valence-electron chi connectivity index (χ1n) is 9.24. The number of hydrogen-bond donors (Lipinski definition) is 0. The lowest BCUT2D eigenvalue weighted by atomic mass is 10.1. The van der Waals surface area contributed by atoms with Crippen LogP contribution in [0.2, 0.25) is 5.28 Å². The van der Waals surface area contributed by atoms with Gasteiger partial charge in [0.15, 0.2) is 9.84 Å². The molecule has 12 heteroatoms. The lowest BCUT2D eigenvalue weighted by molar-refractivity contribution is -0.197. The third-order valence-electron chi connectivity index (χ3n) is 5.77. The van der Waals surface area contributed by atoms with Gasteiger partial charge in [-0.2, -0.15) is 13.2 Å². The van der Waals surface area contributed by atoms with E-state index in [1.165, 1.54) is 17.1 Å². The van der Waals surface area contributed by atoms with Crippen LogP contribution in [-0.2, 0) is 14.6 Å². The van der Waals surface area contributed by atoms with E-state index in [1.807, 2.05) is 0 Å². The van der Waals surface area contributed by atoms with E-state index in [9.17, 15) is 26.4 Å². The van der Waals surface area contributed by atoms with E-state index >= 15 is 0 Å². The molecule has 1 aliphatic heterocycles. The number of aromatic nitrogens is 3. The minimum atomic E-state index is -4.61. The van der Waals surface area contributed by atoms with Crippen LogP contribution in [0.3, 0.4) is 0 Å². The van der Waals surface area contributed by atoms with E-state index in [0.29, 0.717) is 11.3 Å². The molecule has 0 bridgehead atoms. The van der Waals surface area contributed by atoms with Gasteiger partial charge in [0, 0.05) is 13.1 Å². The second-order valence-electron chi connectivity index (χ2n) is 7.69.